The zero-order valence-corrected chi connectivity index (χ0v) is 33.2. The van der Waals surface area contributed by atoms with E-state index in [4.69, 9.17) is 9.47 Å². The maximum Gasteiger partial charge on any atom is 0.331 e. The van der Waals surface area contributed by atoms with E-state index in [0.29, 0.717) is 26.1 Å². The van der Waals surface area contributed by atoms with E-state index >= 15 is 0 Å². The highest BCUT2D eigenvalue weighted by Gasteiger charge is 2.27. The Balaban J connectivity index is 1.69. The number of esters is 2. The van der Waals surface area contributed by atoms with Crippen LogP contribution in [0.4, 0.5) is 0 Å². The number of ether oxygens (including phenoxy) is 2. The van der Waals surface area contributed by atoms with Crippen molar-refractivity contribution >= 4 is 11.9 Å². The molecule has 274 valence electrons. The van der Waals surface area contributed by atoms with Crippen LogP contribution in [-0.2, 0) is 19.1 Å². The van der Waals surface area contributed by atoms with Crippen molar-refractivity contribution in [3.8, 4) is 0 Å². The van der Waals surface area contributed by atoms with E-state index in [9.17, 15) is 9.59 Å². The van der Waals surface area contributed by atoms with Gasteiger partial charge in [0.2, 0.25) is 0 Å². The number of carbonyl (C=O) groups is 2. The Hall–Kier alpha value is -3.66. The minimum atomic E-state index is -0.344. The van der Waals surface area contributed by atoms with E-state index in [1.165, 1.54) is 73.0 Å². The molecule has 0 aromatic rings. The summed E-state index contributed by atoms with van der Waals surface area (Å²) in [5.41, 5.74) is 10.3. The summed E-state index contributed by atoms with van der Waals surface area (Å²) in [4.78, 5) is 24.6. The maximum atomic E-state index is 12.3. The van der Waals surface area contributed by atoms with Crippen molar-refractivity contribution in [3.63, 3.8) is 0 Å². The van der Waals surface area contributed by atoms with Crippen LogP contribution in [0.3, 0.4) is 0 Å². The number of hydrogen-bond donors (Lipinski definition) is 0. The van der Waals surface area contributed by atoms with Crippen molar-refractivity contribution < 1.29 is 19.1 Å². The summed E-state index contributed by atoms with van der Waals surface area (Å²) >= 11 is 0. The number of carbonyl (C=O) groups excluding carboxylic acids is 2. The lowest BCUT2D eigenvalue weighted by Gasteiger charge is -2.33. The van der Waals surface area contributed by atoms with Crippen molar-refractivity contribution in [3.05, 3.63) is 117 Å². The van der Waals surface area contributed by atoms with E-state index in [1.54, 1.807) is 0 Å². The highest BCUT2D eigenvalue weighted by molar-refractivity contribution is 5.83. The Morgan fingerprint density at radius 1 is 0.640 bits per heavy atom. The fraction of sp³-hybridized carbons (Fsp3) is 0.522. The first kappa shape index (κ1) is 42.5. The molecule has 0 radical (unpaired) electrons. The van der Waals surface area contributed by atoms with Gasteiger partial charge >= 0.3 is 11.9 Å². The van der Waals surface area contributed by atoms with Crippen LogP contribution in [0.15, 0.2) is 117 Å². The lowest BCUT2D eigenvalue weighted by atomic mass is 9.72. The monoisotopic (exact) mass is 682 g/mol. The molecule has 0 saturated heterocycles. The Labute approximate surface area is 305 Å². The topological polar surface area (TPSA) is 52.6 Å². The summed E-state index contributed by atoms with van der Waals surface area (Å²) in [7, 11) is 0. The van der Waals surface area contributed by atoms with Crippen LogP contribution >= 0.6 is 0 Å². The van der Waals surface area contributed by atoms with Gasteiger partial charge in [0.15, 0.2) is 0 Å². The summed E-state index contributed by atoms with van der Waals surface area (Å²) in [5, 5.41) is 0. The van der Waals surface area contributed by atoms with Gasteiger partial charge in [0.25, 0.3) is 0 Å². The van der Waals surface area contributed by atoms with Crippen LogP contribution in [-0.4, -0.2) is 25.2 Å². The predicted octanol–water partition coefficient (Wildman–Crippen LogP) is 12.6. The first-order valence-corrected chi connectivity index (χ1v) is 18.7. The van der Waals surface area contributed by atoms with Crippen molar-refractivity contribution in [1.82, 2.24) is 0 Å². The Kier molecular flexibility index (Phi) is 17.8. The molecule has 50 heavy (non-hydrogen) atoms. The molecule has 0 bridgehead atoms. The smallest absolute Gasteiger partial charge is 0.331 e. The van der Waals surface area contributed by atoms with Gasteiger partial charge in [0.05, 0.1) is 13.2 Å². The fourth-order valence-corrected chi connectivity index (χ4v) is 6.68. The lowest BCUT2D eigenvalue weighted by Crippen LogP contribution is -2.19. The molecule has 2 aliphatic rings. The van der Waals surface area contributed by atoms with Gasteiger partial charge in [-0.15, -0.1) is 0 Å². The zero-order chi connectivity index (χ0) is 37.3. The minimum absolute atomic E-state index is 0.230. The van der Waals surface area contributed by atoms with Gasteiger partial charge in [-0.1, -0.05) is 118 Å². The molecule has 0 aromatic heterocycles. The largest absolute Gasteiger partial charge is 0.463 e. The molecule has 0 aromatic carbocycles. The molecule has 0 spiro atoms. The van der Waals surface area contributed by atoms with Crippen LogP contribution in [0.5, 0.6) is 0 Å². The van der Waals surface area contributed by atoms with Crippen LogP contribution in [0.1, 0.15) is 128 Å². The average Bonchev–Trinajstić information content (AvgIpc) is 2.99. The van der Waals surface area contributed by atoms with Gasteiger partial charge in [-0.25, -0.2) is 9.59 Å². The van der Waals surface area contributed by atoms with E-state index in [-0.39, 0.29) is 28.7 Å². The maximum absolute atomic E-state index is 12.3. The molecule has 0 unspecified atom stereocenters. The summed E-state index contributed by atoms with van der Waals surface area (Å²) < 4.78 is 10.8. The Bertz CT molecular complexity index is 1380. The molecule has 0 saturated carbocycles. The van der Waals surface area contributed by atoms with Crippen molar-refractivity contribution in [1.29, 1.82) is 0 Å². The minimum Gasteiger partial charge on any atom is -0.463 e. The molecule has 0 fully saturated rings. The van der Waals surface area contributed by atoms with Gasteiger partial charge in [-0.05, 0) is 132 Å². The second kappa shape index (κ2) is 20.9. The molecular weight excluding hydrogens is 617 g/mol. The Morgan fingerprint density at radius 3 is 1.38 bits per heavy atom. The third-order valence-corrected chi connectivity index (χ3v) is 9.95. The molecule has 0 heterocycles. The summed E-state index contributed by atoms with van der Waals surface area (Å²) in [6.07, 6.45) is 32.6. The molecule has 0 N–H and O–H groups in total. The standard InChI is InChI=1S/C46H66O4/c1-34(22-24-41-39(6)20-14-28-45(41,8)9)16-12-18-37(4)32-43(47)49-30-26-36(3)27-31-50-44(48)33-38(5)19-13-17-35(2)23-25-42-40(7)21-15-29-46(42,10)11/h12-13,16-19,22-25,32-33,36H,14-15,20-21,26-31H2,1-11H3/b18-12+,19-13+,24-22+,25-23+,34-16+,35-17+,37-32+,38-33+. The van der Waals surface area contributed by atoms with Crippen LogP contribution < -0.4 is 0 Å². The van der Waals surface area contributed by atoms with Gasteiger partial charge in [0.1, 0.15) is 0 Å². The molecule has 2 aliphatic carbocycles. The van der Waals surface area contributed by atoms with Crippen LogP contribution in [0, 0.1) is 16.7 Å². The van der Waals surface area contributed by atoms with Crippen LogP contribution in [0.25, 0.3) is 0 Å². The summed E-state index contributed by atoms with van der Waals surface area (Å²) in [5.74, 6) is -0.433. The molecular formula is C46H66O4. The molecule has 2 rings (SSSR count). The van der Waals surface area contributed by atoms with Crippen molar-refractivity contribution in [2.45, 2.75) is 128 Å². The summed E-state index contributed by atoms with van der Waals surface area (Å²) in [6, 6.07) is 0. The third kappa shape index (κ3) is 15.9. The molecule has 4 nitrogen and oxygen atoms in total. The fourth-order valence-electron chi connectivity index (χ4n) is 6.68. The first-order valence-electron chi connectivity index (χ1n) is 18.7. The molecule has 0 aliphatic heterocycles. The van der Waals surface area contributed by atoms with E-state index in [2.05, 4.69) is 98.8 Å². The van der Waals surface area contributed by atoms with E-state index in [1.807, 2.05) is 38.2 Å². The van der Waals surface area contributed by atoms with Gasteiger partial charge in [-0.2, -0.15) is 0 Å². The highest BCUT2D eigenvalue weighted by atomic mass is 16.5. The SMILES string of the molecule is CC1=C(/C=C/C(C)=C/C=C/C(C)=C/C(=O)OCCC(C)CCOC(=O)/C=C(C)/C=C/C=C(C)/C=C/C2=C(C)CCCC2(C)C)C(C)(C)CCC1. The number of rotatable bonds is 16. The van der Waals surface area contributed by atoms with Gasteiger partial charge < -0.3 is 9.47 Å². The van der Waals surface area contributed by atoms with Crippen molar-refractivity contribution in [2.75, 3.05) is 13.2 Å². The first-order chi connectivity index (χ1) is 23.5. The number of hydrogen-bond acceptors (Lipinski definition) is 4. The van der Waals surface area contributed by atoms with Gasteiger partial charge in [0, 0.05) is 12.2 Å². The summed E-state index contributed by atoms with van der Waals surface area (Å²) in [6.45, 7) is 24.5. The Morgan fingerprint density at radius 2 is 1.02 bits per heavy atom. The molecule has 4 heteroatoms. The van der Waals surface area contributed by atoms with Crippen molar-refractivity contribution in [2.24, 2.45) is 16.7 Å². The molecule has 0 amide bonds. The highest BCUT2D eigenvalue weighted by Crippen LogP contribution is 2.41. The average molecular weight is 683 g/mol. The normalized spacial score (nSPS) is 20.1. The third-order valence-electron chi connectivity index (χ3n) is 9.95. The van der Waals surface area contributed by atoms with E-state index in [0.717, 1.165) is 22.3 Å². The second-order valence-electron chi connectivity index (χ2n) is 15.9. The molecule has 0 atom stereocenters. The predicted molar refractivity (Wildman–Crippen MR) is 213 cm³/mol. The van der Waals surface area contributed by atoms with E-state index < -0.39 is 0 Å². The zero-order valence-electron chi connectivity index (χ0n) is 33.2. The second-order valence-corrected chi connectivity index (χ2v) is 15.9. The van der Waals surface area contributed by atoms with Gasteiger partial charge in [-0.3, -0.25) is 0 Å². The number of allylic oxidation sites excluding steroid dienone is 18. The van der Waals surface area contributed by atoms with Crippen LogP contribution in [0.2, 0.25) is 0 Å². The lowest BCUT2D eigenvalue weighted by molar-refractivity contribution is -0.138. The quantitative estimate of drug-likeness (QED) is 0.0923.